The molecule has 1 aliphatic heterocycles. The number of benzene rings is 2. The molecule has 0 aliphatic carbocycles. The van der Waals surface area contributed by atoms with Crippen molar-refractivity contribution in [3.05, 3.63) is 70.6 Å². The van der Waals surface area contributed by atoms with E-state index in [-0.39, 0.29) is 0 Å². The van der Waals surface area contributed by atoms with Crippen molar-refractivity contribution in [1.82, 2.24) is 20.2 Å². The van der Waals surface area contributed by atoms with Crippen LogP contribution in [-0.2, 0) is 16.0 Å². The maximum atomic E-state index is 11.2. The molecule has 226 valence electrons. The van der Waals surface area contributed by atoms with Crippen molar-refractivity contribution in [2.24, 2.45) is 0 Å². The number of Topliss-reactive ketones (excluding diaryl/α,β-unsaturated/α-hetero) is 2. The average Bonchev–Trinajstić information content (AvgIpc) is 3.26. The summed E-state index contributed by atoms with van der Waals surface area (Å²) in [5, 5.41) is 14.4. The van der Waals surface area contributed by atoms with Gasteiger partial charge in [0, 0.05) is 35.1 Å². The standard InChI is InChI=1S/C23H21ClN6O.C4F6O2/c1-13-21(14(2)30-29-13)16-8-15-6-7-31-19-5-3-4-17(11-19)26-22-20(24)12-25-23(28-22)27-18(9-15)10-16;5-3(6,7)1(11)2(12)4(8,9)10/h3-5,8-12H,6-7H2,1-2H3,(H,29,30)(H2,25,26,27,28);. The molecule has 0 atom stereocenters. The van der Waals surface area contributed by atoms with Crippen molar-refractivity contribution in [2.45, 2.75) is 32.6 Å². The second kappa shape index (κ2) is 12.3. The van der Waals surface area contributed by atoms with Crippen molar-refractivity contribution < 1.29 is 40.7 Å². The van der Waals surface area contributed by atoms with Gasteiger partial charge < -0.3 is 15.4 Å². The van der Waals surface area contributed by atoms with Gasteiger partial charge in [-0.25, -0.2) is 4.98 Å². The molecule has 0 saturated carbocycles. The summed E-state index contributed by atoms with van der Waals surface area (Å²) < 4.78 is 73.0. The van der Waals surface area contributed by atoms with Gasteiger partial charge >= 0.3 is 23.9 Å². The Morgan fingerprint density at radius 2 is 1.63 bits per heavy atom. The molecule has 0 fully saturated rings. The number of hydrogen-bond donors (Lipinski definition) is 3. The van der Waals surface area contributed by atoms with Crippen LogP contribution in [0, 0.1) is 13.8 Å². The summed E-state index contributed by atoms with van der Waals surface area (Å²) in [6, 6.07) is 14.1. The maximum absolute atomic E-state index is 11.2. The lowest BCUT2D eigenvalue weighted by atomic mass is 9.99. The molecule has 3 heterocycles. The van der Waals surface area contributed by atoms with Crippen LogP contribution in [-0.4, -0.2) is 50.7 Å². The van der Waals surface area contributed by atoms with Crippen molar-refractivity contribution in [3.63, 3.8) is 0 Å². The second-order valence-electron chi connectivity index (χ2n) is 9.15. The van der Waals surface area contributed by atoms with E-state index in [9.17, 15) is 35.9 Å². The van der Waals surface area contributed by atoms with Gasteiger partial charge in [0.1, 0.15) is 10.8 Å². The minimum absolute atomic E-state index is 0.433. The van der Waals surface area contributed by atoms with Crippen molar-refractivity contribution in [2.75, 3.05) is 17.2 Å². The molecule has 0 saturated heterocycles. The normalized spacial score (nSPS) is 12.9. The number of H-pyrrole nitrogens is 1. The van der Waals surface area contributed by atoms with E-state index < -0.39 is 23.9 Å². The third kappa shape index (κ3) is 7.80. The lowest BCUT2D eigenvalue weighted by Crippen LogP contribution is -2.39. The van der Waals surface area contributed by atoms with Crippen LogP contribution in [0.2, 0.25) is 5.02 Å². The lowest BCUT2D eigenvalue weighted by Gasteiger charge is -2.15. The zero-order chi connectivity index (χ0) is 31.5. The fourth-order valence-corrected chi connectivity index (χ4v) is 4.16. The quantitative estimate of drug-likeness (QED) is 0.164. The van der Waals surface area contributed by atoms with E-state index in [0.717, 1.165) is 51.6 Å². The van der Waals surface area contributed by atoms with E-state index in [0.29, 0.717) is 23.4 Å². The van der Waals surface area contributed by atoms with Crippen molar-refractivity contribution in [3.8, 4) is 16.9 Å². The number of fused-ring (bicyclic) bond motifs is 6. The van der Waals surface area contributed by atoms with E-state index in [1.54, 1.807) is 6.20 Å². The Labute approximate surface area is 244 Å². The summed E-state index contributed by atoms with van der Waals surface area (Å²) in [6.45, 7) is 4.58. The molecule has 6 bridgehead atoms. The Hall–Kier alpha value is -4.66. The number of halogens is 7. The third-order valence-corrected chi connectivity index (χ3v) is 6.16. The number of aromatic nitrogens is 4. The lowest BCUT2D eigenvalue weighted by molar-refractivity contribution is -0.193. The number of aryl methyl sites for hydroxylation is 2. The SMILES string of the molecule is Cc1n[nH]c(C)c1-c1cc2cc(c1)Nc1ncc(Cl)c(n1)Nc1cccc(c1)OCC2.O=C(C(=O)C(F)(F)F)C(F)(F)F. The number of aromatic amines is 1. The minimum Gasteiger partial charge on any atom is -0.493 e. The fraction of sp³-hybridized carbons (Fsp3) is 0.222. The number of nitrogens with zero attached hydrogens (tertiary/aromatic N) is 3. The van der Waals surface area contributed by atoms with Crippen LogP contribution in [0.4, 0.5) is 49.5 Å². The number of ether oxygens (including phenoxy) is 1. The van der Waals surface area contributed by atoms with Gasteiger partial charge in [0.25, 0.3) is 0 Å². The first-order valence-corrected chi connectivity index (χ1v) is 12.7. The van der Waals surface area contributed by atoms with Crippen LogP contribution < -0.4 is 15.4 Å². The van der Waals surface area contributed by atoms with Gasteiger partial charge in [0.15, 0.2) is 5.82 Å². The number of anilines is 4. The third-order valence-electron chi connectivity index (χ3n) is 5.89. The molecule has 0 spiro atoms. The summed E-state index contributed by atoms with van der Waals surface area (Å²) in [4.78, 5) is 28.2. The molecule has 0 amide bonds. The molecule has 0 radical (unpaired) electrons. The summed E-state index contributed by atoms with van der Waals surface area (Å²) in [7, 11) is 0. The molecule has 16 heteroatoms. The smallest absolute Gasteiger partial charge is 0.458 e. The molecule has 0 unspecified atom stereocenters. The Morgan fingerprint density at radius 3 is 2.26 bits per heavy atom. The molecule has 43 heavy (non-hydrogen) atoms. The highest BCUT2D eigenvalue weighted by Gasteiger charge is 2.54. The molecule has 9 nitrogen and oxygen atoms in total. The Kier molecular flexibility index (Phi) is 8.94. The Balaban J connectivity index is 0.000000301. The van der Waals surface area contributed by atoms with Gasteiger partial charge in [-0.1, -0.05) is 23.7 Å². The molecule has 2 aromatic carbocycles. The van der Waals surface area contributed by atoms with E-state index in [1.165, 1.54) is 0 Å². The predicted octanol–water partition coefficient (Wildman–Crippen LogP) is 6.81. The zero-order valence-corrected chi connectivity index (χ0v) is 23.0. The highest BCUT2D eigenvalue weighted by molar-refractivity contribution is 6.41. The molecule has 1 aliphatic rings. The van der Waals surface area contributed by atoms with Gasteiger partial charge in [-0.3, -0.25) is 14.7 Å². The van der Waals surface area contributed by atoms with Crippen molar-refractivity contribution >= 4 is 46.3 Å². The van der Waals surface area contributed by atoms with E-state index in [4.69, 9.17) is 16.3 Å². The van der Waals surface area contributed by atoms with Gasteiger partial charge in [-0.2, -0.15) is 36.4 Å². The summed E-state index contributed by atoms with van der Waals surface area (Å²) >= 11 is 6.33. The van der Waals surface area contributed by atoms with Gasteiger partial charge in [-0.05, 0) is 49.2 Å². The summed E-state index contributed by atoms with van der Waals surface area (Å²) in [5.74, 6) is -5.06. The molecular formula is C27H21ClF6N6O3. The largest absolute Gasteiger partial charge is 0.493 e. The minimum atomic E-state index is -5.77. The number of rotatable bonds is 2. The second-order valence-corrected chi connectivity index (χ2v) is 9.56. The molecule has 4 aromatic rings. The molecule has 3 N–H and O–H groups in total. The molecule has 5 rings (SSSR count). The van der Waals surface area contributed by atoms with Crippen LogP contribution in [0.1, 0.15) is 17.0 Å². The topological polar surface area (TPSA) is 122 Å². The highest BCUT2D eigenvalue weighted by atomic mass is 35.5. The highest BCUT2D eigenvalue weighted by Crippen LogP contribution is 2.32. The van der Waals surface area contributed by atoms with Crippen LogP contribution in [0.5, 0.6) is 5.75 Å². The summed E-state index contributed by atoms with van der Waals surface area (Å²) in [5.41, 5.74) is 7.02. The van der Waals surface area contributed by atoms with Crippen LogP contribution >= 0.6 is 11.6 Å². The first-order chi connectivity index (χ1) is 20.1. The number of nitrogens with one attached hydrogen (secondary N) is 3. The molecular weight excluding hydrogens is 606 g/mol. The number of ketones is 2. The van der Waals surface area contributed by atoms with E-state index in [1.807, 2.05) is 38.1 Å². The number of alkyl halides is 6. The molecule has 2 aromatic heterocycles. The van der Waals surface area contributed by atoms with E-state index >= 15 is 0 Å². The Bertz CT molecular complexity index is 1630. The average molecular weight is 627 g/mol. The fourth-order valence-electron chi connectivity index (χ4n) is 4.02. The predicted molar refractivity (Wildman–Crippen MR) is 145 cm³/mol. The van der Waals surface area contributed by atoms with Crippen LogP contribution in [0.15, 0.2) is 48.7 Å². The number of hydrogen-bond acceptors (Lipinski definition) is 8. The number of carbonyl (C=O) groups is 2. The van der Waals surface area contributed by atoms with Crippen LogP contribution in [0.3, 0.4) is 0 Å². The van der Waals surface area contributed by atoms with Gasteiger partial charge in [0.05, 0.1) is 18.5 Å². The maximum Gasteiger partial charge on any atom is 0.458 e. The summed E-state index contributed by atoms with van der Waals surface area (Å²) in [6.07, 6.45) is -9.21. The van der Waals surface area contributed by atoms with Crippen LogP contribution in [0.25, 0.3) is 11.1 Å². The monoisotopic (exact) mass is 626 g/mol. The zero-order valence-electron chi connectivity index (χ0n) is 22.2. The first kappa shape index (κ1) is 31.3. The van der Waals surface area contributed by atoms with Crippen molar-refractivity contribution in [1.29, 1.82) is 0 Å². The first-order valence-electron chi connectivity index (χ1n) is 12.3. The van der Waals surface area contributed by atoms with Gasteiger partial charge in [0.2, 0.25) is 5.95 Å². The van der Waals surface area contributed by atoms with E-state index in [2.05, 4.69) is 49.0 Å². The van der Waals surface area contributed by atoms with Gasteiger partial charge in [-0.15, -0.1) is 0 Å². The number of carbonyl (C=O) groups excluding carboxylic acids is 2. The Morgan fingerprint density at radius 1 is 0.930 bits per heavy atom.